The minimum Gasteiger partial charge on any atom is -0.481 e. The van der Waals surface area contributed by atoms with Gasteiger partial charge in [0.2, 0.25) is 11.8 Å². The molecule has 1 aliphatic heterocycles. The van der Waals surface area contributed by atoms with Crippen LogP contribution in [0.5, 0.6) is 0 Å². The summed E-state index contributed by atoms with van der Waals surface area (Å²) in [6.07, 6.45) is 3.57. The fraction of sp³-hybridized carbons (Fsp3) is 0.379. The van der Waals surface area contributed by atoms with Gasteiger partial charge in [0, 0.05) is 42.5 Å². The zero-order valence-electron chi connectivity index (χ0n) is 21.2. The largest absolute Gasteiger partial charge is 0.481 e. The first kappa shape index (κ1) is 26.9. The lowest BCUT2D eigenvalue weighted by atomic mass is 9.94. The molecule has 2 aromatic carbocycles. The molecule has 0 radical (unpaired) electrons. The molecule has 2 amide bonds. The van der Waals surface area contributed by atoms with Crippen molar-refractivity contribution in [2.45, 2.75) is 44.7 Å². The molecule has 2 heterocycles. The molecule has 0 saturated carbocycles. The van der Waals surface area contributed by atoms with Crippen molar-refractivity contribution in [3.63, 3.8) is 0 Å². The summed E-state index contributed by atoms with van der Waals surface area (Å²) < 4.78 is 7.75. The minimum absolute atomic E-state index is 0.289. The van der Waals surface area contributed by atoms with Gasteiger partial charge in [-0.25, -0.2) is 0 Å². The Morgan fingerprint density at radius 1 is 1.18 bits per heavy atom. The molecular weight excluding hydrogens is 484 g/mol. The molecule has 38 heavy (non-hydrogen) atoms. The maximum atomic E-state index is 13.3. The number of fused-ring (bicyclic) bond motifs is 5. The smallest absolute Gasteiger partial charge is 0.304 e. The number of para-hydroxylation sites is 1. The molecule has 1 aliphatic rings. The van der Waals surface area contributed by atoms with Crippen LogP contribution in [0.1, 0.15) is 36.0 Å². The average molecular weight is 517 g/mol. The van der Waals surface area contributed by atoms with Gasteiger partial charge in [-0.05, 0) is 48.6 Å². The SMILES string of the molecule is N#Cc1ccc(CCC[C@H](CC(=O)O)C(=O)N[C@H]2Cc3cn(c4ccccc34)CCOCCNC2=O)cc1. The van der Waals surface area contributed by atoms with Crippen molar-refractivity contribution < 1.29 is 24.2 Å². The first-order valence-corrected chi connectivity index (χ1v) is 12.9. The van der Waals surface area contributed by atoms with E-state index < -0.39 is 23.8 Å². The number of hydrogen-bond donors (Lipinski definition) is 3. The van der Waals surface area contributed by atoms with Crippen LogP contribution in [-0.2, 0) is 38.5 Å². The second kappa shape index (κ2) is 12.9. The summed E-state index contributed by atoms with van der Waals surface area (Å²) in [6.45, 7) is 1.87. The highest BCUT2D eigenvalue weighted by molar-refractivity contribution is 5.91. The molecule has 2 bridgehead atoms. The monoisotopic (exact) mass is 516 g/mol. The fourth-order valence-corrected chi connectivity index (χ4v) is 4.86. The van der Waals surface area contributed by atoms with Crippen molar-refractivity contribution in [2.24, 2.45) is 5.92 Å². The van der Waals surface area contributed by atoms with Crippen LogP contribution in [0, 0.1) is 17.2 Å². The number of ether oxygens (including phenoxy) is 1. The first-order valence-electron chi connectivity index (χ1n) is 12.9. The Labute approximate surface area is 221 Å². The maximum absolute atomic E-state index is 13.3. The molecular formula is C29H32N4O5. The fourth-order valence-electron chi connectivity index (χ4n) is 4.86. The number of carbonyl (C=O) groups is 3. The third kappa shape index (κ3) is 6.99. The number of aliphatic carboxylic acids is 1. The number of carboxylic acid groups (broad SMARTS) is 1. The quantitative estimate of drug-likeness (QED) is 0.422. The Kier molecular flexibility index (Phi) is 9.11. The zero-order valence-corrected chi connectivity index (χ0v) is 21.2. The molecule has 0 saturated heterocycles. The molecule has 3 aromatic rings. The van der Waals surface area contributed by atoms with Crippen LogP contribution in [0.25, 0.3) is 10.9 Å². The van der Waals surface area contributed by atoms with Crippen LogP contribution in [0.4, 0.5) is 0 Å². The molecule has 0 fully saturated rings. The van der Waals surface area contributed by atoms with Crippen molar-refractivity contribution in [3.05, 3.63) is 71.4 Å². The van der Waals surface area contributed by atoms with Crippen molar-refractivity contribution in [3.8, 4) is 6.07 Å². The first-order chi connectivity index (χ1) is 18.4. The summed E-state index contributed by atoms with van der Waals surface area (Å²) in [4.78, 5) is 37.9. The predicted molar refractivity (Wildman–Crippen MR) is 141 cm³/mol. The Hall–Kier alpha value is -4.16. The lowest BCUT2D eigenvalue weighted by Crippen LogP contribution is -2.50. The number of nitrogens with zero attached hydrogens (tertiary/aromatic N) is 2. The van der Waals surface area contributed by atoms with Gasteiger partial charge in [-0.15, -0.1) is 0 Å². The Bertz CT molecular complexity index is 1320. The van der Waals surface area contributed by atoms with Gasteiger partial charge >= 0.3 is 5.97 Å². The molecule has 3 N–H and O–H groups in total. The zero-order chi connectivity index (χ0) is 26.9. The van der Waals surface area contributed by atoms with Crippen LogP contribution in [0.3, 0.4) is 0 Å². The molecule has 198 valence electrons. The normalized spacial score (nSPS) is 16.9. The van der Waals surface area contributed by atoms with E-state index in [1.165, 1.54) is 0 Å². The molecule has 0 spiro atoms. The van der Waals surface area contributed by atoms with E-state index in [1.807, 2.05) is 42.6 Å². The molecule has 1 aromatic heterocycles. The molecule has 4 rings (SSSR count). The highest BCUT2D eigenvalue weighted by atomic mass is 16.5. The van der Waals surface area contributed by atoms with Gasteiger partial charge in [0.25, 0.3) is 0 Å². The standard InChI is InChI=1S/C29H32N4O5/c30-18-21-10-8-20(9-11-21)4-3-5-22(17-27(34)35)28(36)32-25-16-23-19-33(26-7-2-1-6-24(23)26)13-15-38-14-12-31-29(25)37/h1-2,6-11,19,22,25H,3-5,12-17H2,(H,31,37)(H,32,36)(H,34,35)/t22-,25+/m1/s1. The summed E-state index contributed by atoms with van der Waals surface area (Å²) in [5.41, 5.74) is 3.54. The number of rotatable bonds is 8. The summed E-state index contributed by atoms with van der Waals surface area (Å²) in [5.74, 6) is -2.61. The van der Waals surface area contributed by atoms with Crippen LogP contribution in [0.2, 0.25) is 0 Å². The third-order valence-corrected chi connectivity index (χ3v) is 6.84. The van der Waals surface area contributed by atoms with E-state index in [1.54, 1.807) is 12.1 Å². The molecule has 0 unspecified atom stereocenters. The number of amides is 2. The number of aromatic nitrogens is 1. The van der Waals surface area contributed by atoms with Crippen LogP contribution >= 0.6 is 0 Å². The maximum Gasteiger partial charge on any atom is 0.304 e. The lowest BCUT2D eigenvalue weighted by Gasteiger charge is -2.22. The molecule has 9 heteroatoms. The summed E-state index contributed by atoms with van der Waals surface area (Å²) >= 11 is 0. The van der Waals surface area contributed by atoms with Gasteiger partial charge in [-0.1, -0.05) is 30.3 Å². The van der Waals surface area contributed by atoms with Crippen LogP contribution in [-0.4, -0.2) is 53.3 Å². The second-order valence-electron chi connectivity index (χ2n) is 9.53. The number of hydrogen-bond acceptors (Lipinski definition) is 5. The van der Waals surface area contributed by atoms with E-state index in [0.717, 1.165) is 22.0 Å². The van der Waals surface area contributed by atoms with E-state index in [4.69, 9.17) is 10.00 Å². The van der Waals surface area contributed by atoms with Gasteiger partial charge in [0.05, 0.1) is 31.3 Å². The average Bonchev–Trinajstić information content (AvgIpc) is 3.26. The molecule has 9 nitrogen and oxygen atoms in total. The highest BCUT2D eigenvalue weighted by Crippen LogP contribution is 2.23. The van der Waals surface area contributed by atoms with Gasteiger partial charge < -0.3 is 25.0 Å². The van der Waals surface area contributed by atoms with Gasteiger partial charge in [-0.3, -0.25) is 14.4 Å². The predicted octanol–water partition coefficient (Wildman–Crippen LogP) is 2.80. The van der Waals surface area contributed by atoms with Gasteiger partial charge in [0.1, 0.15) is 6.04 Å². The van der Waals surface area contributed by atoms with Crippen LogP contribution < -0.4 is 10.6 Å². The van der Waals surface area contributed by atoms with Crippen molar-refractivity contribution in [2.75, 3.05) is 19.8 Å². The summed E-state index contributed by atoms with van der Waals surface area (Å²) in [5, 5.41) is 25.1. The molecule has 0 aliphatic carbocycles. The Morgan fingerprint density at radius 3 is 2.74 bits per heavy atom. The summed E-state index contributed by atoms with van der Waals surface area (Å²) in [7, 11) is 0. The summed E-state index contributed by atoms with van der Waals surface area (Å²) in [6, 6.07) is 16.3. The Morgan fingerprint density at radius 2 is 1.97 bits per heavy atom. The number of carboxylic acids is 1. The topological polar surface area (TPSA) is 133 Å². The number of nitrogens with one attached hydrogen (secondary N) is 2. The van der Waals surface area contributed by atoms with Crippen molar-refractivity contribution in [1.82, 2.24) is 15.2 Å². The Balaban J connectivity index is 1.49. The second-order valence-corrected chi connectivity index (χ2v) is 9.53. The van der Waals surface area contributed by atoms with Gasteiger partial charge in [0.15, 0.2) is 0 Å². The highest BCUT2D eigenvalue weighted by Gasteiger charge is 2.28. The van der Waals surface area contributed by atoms with Gasteiger partial charge in [-0.2, -0.15) is 5.26 Å². The van der Waals surface area contributed by atoms with E-state index >= 15 is 0 Å². The third-order valence-electron chi connectivity index (χ3n) is 6.84. The minimum atomic E-state index is -1.06. The number of aryl methyl sites for hydroxylation is 1. The van der Waals surface area contributed by atoms with Crippen molar-refractivity contribution in [1.29, 1.82) is 5.26 Å². The van der Waals surface area contributed by atoms with E-state index in [2.05, 4.69) is 21.3 Å². The molecule has 2 atom stereocenters. The van der Waals surface area contributed by atoms with E-state index in [-0.39, 0.29) is 18.7 Å². The number of nitriles is 1. The number of benzene rings is 2. The van der Waals surface area contributed by atoms with E-state index in [9.17, 15) is 19.5 Å². The van der Waals surface area contributed by atoms with Crippen molar-refractivity contribution >= 4 is 28.7 Å². The number of carbonyl (C=O) groups excluding carboxylic acids is 2. The lowest BCUT2D eigenvalue weighted by molar-refractivity contribution is -0.141. The van der Waals surface area contributed by atoms with E-state index in [0.29, 0.717) is 51.1 Å². The van der Waals surface area contributed by atoms with Crippen LogP contribution in [0.15, 0.2) is 54.7 Å².